The van der Waals surface area contributed by atoms with Gasteiger partial charge < -0.3 is 10.2 Å². The Morgan fingerprint density at radius 1 is 1.03 bits per heavy atom. The average molecular weight is 536 g/mol. The van der Waals surface area contributed by atoms with Crippen molar-refractivity contribution < 1.29 is 9.59 Å². The van der Waals surface area contributed by atoms with E-state index in [0.29, 0.717) is 31.4 Å². The maximum absolute atomic E-state index is 13.2. The third-order valence-corrected chi connectivity index (χ3v) is 7.30. The summed E-state index contributed by atoms with van der Waals surface area (Å²) in [6.07, 6.45) is 0.796. The number of halogens is 4. The van der Waals surface area contributed by atoms with E-state index in [1.165, 1.54) is 16.7 Å². The van der Waals surface area contributed by atoms with Crippen molar-refractivity contribution in [3.63, 3.8) is 0 Å². The lowest BCUT2D eigenvalue weighted by Crippen LogP contribution is -2.50. The maximum Gasteiger partial charge on any atom is 0.242 e. The number of hydrogen-bond acceptors (Lipinski definition) is 3. The maximum atomic E-state index is 13.2. The molecule has 2 aromatic carbocycles. The van der Waals surface area contributed by atoms with E-state index in [-0.39, 0.29) is 30.2 Å². The highest BCUT2D eigenvalue weighted by Crippen LogP contribution is 2.29. The molecule has 2 rings (SSSR count). The fourth-order valence-corrected chi connectivity index (χ4v) is 4.99. The number of amides is 2. The molecule has 0 saturated carbocycles. The van der Waals surface area contributed by atoms with Gasteiger partial charge in [0.2, 0.25) is 11.8 Å². The molecule has 2 atom stereocenters. The molecule has 0 radical (unpaired) electrons. The van der Waals surface area contributed by atoms with Crippen LogP contribution in [-0.2, 0) is 21.9 Å². The second-order valence-electron chi connectivity index (χ2n) is 7.44. The first-order valence-corrected chi connectivity index (χ1v) is 12.8. The van der Waals surface area contributed by atoms with Gasteiger partial charge in [0.1, 0.15) is 6.04 Å². The third-order valence-electron chi connectivity index (χ3n) is 5.06. The molecular weight excluding hydrogens is 510 g/mol. The van der Waals surface area contributed by atoms with Crippen LogP contribution in [0.15, 0.2) is 36.4 Å². The predicted molar refractivity (Wildman–Crippen MR) is 137 cm³/mol. The minimum absolute atomic E-state index is 0.0118. The van der Waals surface area contributed by atoms with Gasteiger partial charge in [0.25, 0.3) is 0 Å². The Balaban J connectivity index is 2.16. The number of nitrogens with one attached hydrogen (secondary N) is 1. The van der Waals surface area contributed by atoms with Crippen molar-refractivity contribution in [1.82, 2.24) is 10.2 Å². The van der Waals surface area contributed by atoms with Crippen molar-refractivity contribution in [2.75, 3.05) is 5.75 Å². The minimum atomic E-state index is -0.673. The normalized spacial score (nSPS) is 12.8. The zero-order valence-corrected chi connectivity index (χ0v) is 22.0. The van der Waals surface area contributed by atoms with Crippen LogP contribution in [0.5, 0.6) is 0 Å². The summed E-state index contributed by atoms with van der Waals surface area (Å²) in [5.74, 6) is 0.244. The van der Waals surface area contributed by atoms with Crippen LogP contribution in [0.4, 0.5) is 0 Å². The van der Waals surface area contributed by atoms with Gasteiger partial charge in [-0.2, -0.15) is 0 Å². The lowest BCUT2D eigenvalue weighted by atomic mass is 10.1. The van der Waals surface area contributed by atoms with Gasteiger partial charge in [-0.25, -0.2) is 0 Å². The summed E-state index contributed by atoms with van der Waals surface area (Å²) in [5.41, 5.74) is 1.50. The Kier molecular flexibility index (Phi) is 11.0. The molecule has 32 heavy (non-hydrogen) atoms. The Labute approximate surface area is 213 Å². The lowest BCUT2D eigenvalue weighted by molar-refractivity contribution is -0.138. The molecule has 1 N–H and O–H groups in total. The quantitative estimate of drug-likeness (QED) is 0.361. The molecule has 0 heterocycles. The second-order valence-corrected chi connectivity index (χ2v) is 10.1. The lowest BCUT2D eigenvalue weighted by Gasteiger charge is -2.30. The summed E-state index contributed by atoms with van der Waals surface area (Å²) in [6, 6.07) is 9.75. The minimum Gasteiger partial charge on any atom is -0.352 e. The molecule has 0 saturated heterocycles. The summed E-state index contributed by atoms with van der Waals surface area (Å²) < 4.78 is 0. The molecular formula is C23H26Cl4N2O2S. The Bertz CT molecular complexity index is 937. The number of nitrogens with zero attached hydrogens (tertiary/aromatic N) is 1. The highest BCUT2D eigenvalue weighted by molar-refractivity contribution is 7.99. The number of rotatable bonds is 10. The Morgan fingerprint density at radius 3 is 2.28 bits per heavy atom. The molecule has 9 heteroatoms. The molecule has 0 aliphatic carbocycles. The Hall–Kier alpha value is -1.11. The average Bonchev–Trinajstić information content (AvgIpc) is 2.74. The summed E-state index contributed by atoms with van der Waals surface area (Å²) in [6.45, 7) is 5.82. The summed E-state index contributed by atoms with van der Waals surface area (Å²) >= 11 is 26.2. The first-order valence-electron chi connectivity index (χ1n) is 10.2. The SMILES string of the molecule is CC[C@H](C)NC(=O)[C@H](C)N(Cc1ccc(Cl)cc1Cl)C(=O)CSCc1c(Cl)cccc1Cl. The van der Waals surface area contributed by atoms with Crippen molar-refractivity contribution in [3.05, 3.63) is 67.6 Å². The van der Waals surface area contributed by atoms with E-state index in [4.69, 9.17) is 46.4 Å². The van der Waals surface area contributed by atoms with Crippen LogP contribution in [0.3, 0.4) is 0 Å². The molecule has 0 fully saturated rings. The molecule has 0 spiro atoms. The monoisotopic (exact) mass is 534 g/mol. The van der Waals surface area contributed by atoms with E-state index in [1.807, 2.05) is 13.8 Å². The zero-order valence-electron chi connectivity index (χ0n) is 18.1. The molecule has 2 aromatic rings. The predicted octanol–water partition coefficient (Wildman–Crippen LogP) is 6.87. The van der Waals surface area contributed by atoms with Crippen molar-refractivity contribution in [3.8, 4) is 0 Å². The van der Waals surface area contributed by atoms with Crippen LogP contribution >= 0.6 is 58.2 Å². The van der Waals surface area contributed by atoms with Crippen molar-refractivity contribution in [2.24, 2.45) is 0 Å². The molecule has 0 aliphatic heterocycles. The number of carbonyl (C=O) groups excluding carboxylic acids is 2. The van der Waals surface area contributed by atoms with E-state index < -0.39 is 6.04 Å². The fourth-order valence-electron chi connectivity index (χ4n) is 2.88. The standard InChI is InChI=1S/C23H26Cl4N2O2S/c1-4-14(2)28-23(31)15(3)29(11-16-8-9-17(24)10-21(16)27)22(30)13-32-12-18-19(25)6-5-7-20(18)26/h5-10,14-15H,4,11-13H2,1-3H3,(H,28,31)/t14-,15-/m0/s1. The molecule has 4 nitrogen and oxygen atoms in total. The van der Waals surface area contributed by atoms with Gasteiger partial charge in [-0.05, 0) is 55.7 Å². The van der Waals surface area contributed by atoms with Gasteiger partial charge >= 0.3 is 0 Å². The molecule has 174 valence electrons. The number of hydrogen-bond donors (Lipinski definition) is 1. The van der Waals surface area contributed by atoms with Crippen molar-refractivity contribution in [1.29, 1.82) is 0 Å². The molecule has 0 unspecified atom stereocenters. The van der Waals surface area contributed by atoms with E-state index in [9.17, 15) is 9.59 Å². The van der Waals surface area contributed by atoms with Gasteiger partial charge in [-0.15, -0.1) is 11.8 Å². The molecule has 0 aromatic heterocycles. The van der Waals surface area contributed by atoms with Gasteiger partial charge in [0, 0.05) is 38.4 Å². The van der Waals surface area contributed by atoms with E-state index in [1.54, 1.807) is 43.3 Å². The van der Waals surface area contributed by atoms with E-state index in [0.717, 1.165) is 12.0 Å². The van der Waals surface area contributed by atoms with Crippen LogP contribution in [0, 0.1) is 0 Å². The summed E-state index contributed by atoms with van der Waals surface area (Å²) in [7, 11) is 0. The number of thioether (sulfide) groups is 1. The first-order chi connectivity index (χ1) is 15.1. The van der Waals surface area contributed by atoms with Crippen molar-refractivity contribution in [2.45, 2.75) is 51.6 Å². The number of benzene rings is 2. The fraction of sp³-hybridized carbons (Fsp3) is 0.391. The van der Waals surface area contributed by atoms with Crippen LogP contribution in [-0.4, -0.2) is 34.6 Å². The molecule has 2 amide bonds. The highest BCUT2D eigenvalue weighted by Gasteiger charge is 2.27. The van der Waals surface area contributed by atoms with Crippen LogP contribution < -0.4 is 5.32 Å². The smallest absolute Gasteiger partial charge is 0.242 e. The van der Waals surface area contributed by atoms with Crippen molar-refractivity contribution >= 4 is 70.0 Å². The Morgan fingerprint density at radius 2 is 1.69 bits per heavy atom. The molecule has 0 aliphatic rings. The molecule has 0 bridgehead atoms. The zero-order chi connectivity index (χ0) is 23.8. The van der Waals surface area contributed by atoms with Crippen LogP contribution in [0.25, 0.3) is 0 Å². The topological polar surface area (TPSA) is 49.4 Å². The van der Waals surface area contributed by atoms with E-state index in [2.05, 4.69) is 5.32 Å². The summed E-state index contributed by atoms with van der Waals surface area (Å²) in [5, 5.41) is 5.01. The third kappa shape index (κ3) is 7.74. The van der Waals surface area contributed by atoms with Gasteiger partial charge in [-0.3, -0.25) is 9.59 Å². The van der Waals surface area contributed by atoms with Crippen LogP contribution in [0.2, 0.25) is 20.1 Å². The summed E-state index contributed by atoms with van der Waals surface area (Å²) in [4.78, 5) is 27.5. The largest absolute Gasteiger partial charge is 0.352 e. The highest BCUT2D eigenvalue weighted by atomic mass is 35.5. The first kappa shape index (κ1) is 27.1. The van der Waals surface area contributed by atoms with E-state index >= 15 is 0 Å². The van der Waals surface area contributed by atoms with Gasteiger partial charge in [0.15, 0.2) is 0 Å². The van der Waals surface area contributed by atoms with Gasteiger partial charge in [0.05, 0.1) is 5.75 Å². The second kappa shape index (κ2) is 13.0. The van der Waals surface area contributed by atoms with Crippen LogP contribution in [0.1, 0.15) is 38.3 Å². The number of carbonyl (C=O) groups is 2. The van der Waals surface area contributed by atoms with Gasteiger partial charge in [-0.1, -0.05) is 65.5 Å².